The Bertz CT molecular complexity index is 1850. The van der Waals surface area contributed by atoms with Crippen LogP contribution in [0.4, 0.5) is 14.6 Å². The van der Waals surface area contributed by atoms with E-state index in [2.05, 4.69) is 14.9 Å². The van der Waals surface area contributed by atoms with Crippen LogP contribution in [0.5, 0.6) is 11.8 Å². The minimum absolute atomic E-state index is 0.0555. The van der Waals surface area contributed by atoms with Crippen LogP contribution in [0.3, 0.4) is 0 Å². The van der Waals surface area contributed by atoms with E-state index in [1.165, 1.54) is 55.4 Å². The number of halogens is 2. The fourth-order valence-corrected chi connectivity index (χ4v) is 6.52. The number of ether oxygens (including phenoxy) is 1. The minimum atomic E-state index is -0.658. The van der Waals surface area contributed by atoms with Crippen molar-refractivity contribution in [3.8, 4) is 23.1 Å². The number of anilines is 1. The zero-order chi connectivity index (χ0) is 32.0. The van der Waals surface area contributed by atoms with Crippen LogP contribution in [-0.2, 0) is 0 Å². The highest BCUT2D eigenvalue weighted by Gasteiger charge is 2.34. The van der Waals surface area contributed by atoms with Crippen molar-refractivity contribution in [1.82, 2.24) is 19.9 Å². The molecule has 4 aromatic rings. The van der Waals surface area contributed by atoms with Crippen LogP contribution >= 0.6 is 0 Å². The Morgan fingerprint density at radius 3 is 2.64 bits per heavy atom. The fourth-order valence-electron chi connectivity index (χ4n) is 6.52. The summed E-state index contributed by atoms with van der Waals surface area (Å²) >= 11 is 0. The molecule has 3 aliphatic heterocycles. The third kappa shape index (κ3) is 5.73. The molecule has 5 heterocycles. The van der Waals surface area contributed by atoms with Gasteiger partial charge in [-0.3, -0.25) is 4.90 Å². The summed E-state index contributed by atoms with van der Waals surface area (Å²) in [5.74, 6) is 5.57. The van der Waals surface area contributed by atoms with Gasteiger partial charge in [0.2, 0.25) is 0 Å². The van der Waals surface area contributed by atoms with Crippen molar-refractivity contribution >= 4 is 33.2 Å². The zero-order valence-corrected chi connectivity index (χ0v) is 25.5. The molecule has 2 atom stereocenters. The van der Waals surface area contributed by atoms with Gasteiger partial charge in [-0.1, -0.05) is 6.07 Å². The van der Waals surface area contributed by atoms with E-state index >= 15 is 4.39 Å². The highest BCUT2D eigenvalue weighted by atomic mass is 19.1. The first-order valence-electron chi connectivity index (χ1n) is 15.0. The molecule has 3 aliphatic rings. The van der Waals surface area contributed by atoms with Gasteiger partial charge in [0.1, 0.15) is 28.9 Å². The van der Waals surface area contributed by atoms with E-state index in [1.54, 1.807) is 14.0 Å². The Kier molecular flexibility index (Phi) is 8.23. The first-order valence-corrected chi connectivity index (χ1v) is 15.0. The van der Waals surface area contributed by atoms with E-state index in [0.29, 0.717) is 40.3 Å². The van der Waals surface area contributed by atoms with E-state index < -0.39 is 17.6 Å². The number of nitrogens with zero attached hydrogens (tertiary/aromatic N) is 5. The quantitative estimate of drug-likeness (QED) is 0.219. The number of aryl methyl sites for hydroxylation is 1. The summed E-state index contributed by atoms with van der Waals surface area (Å²) in [7, 11) is 3.00. The normalized spacial score (nSPS) is 19.8. The van der Waals surface area contributed by atoms with Crippen LogP contribution < -0.4 is 26.8 Å². The lowest BCUT2D eigenvalue weighted by Crippen LogP contribution is -2.38. The summed E-state index contributed by atoms with van der Waals surface area (Å²) in [4.78, 5) is 26.4. The maximum Gasteiger partial charge on any atom is 0.349 e. The molecule has 0 aliphatic carbocycles. The topological polar surface area (TPSA) is 147 Å². The Hall–Kier alpha value is -4.49. The smallest absolute Gasteiger partial charge is 0.349 e. The number of alkyl halides is 1. The molecule has 7 rings (SSSR count). The minimum Gasteiger partial charge on any atom is -0.508 e. The fraction of sp³-hybridized carbons (Fsp3) is 0.406. The molecule has 2 aromatic carbocycles. The third-order valence-corrected chi connectivity index (χ3v) is 8.69. The van der Waals surface area contributed by atoms with Gasteiger partial charge in [-0.05, 0) is 62.7 Å². The van der Waals surface area contributed by atoms with Crippen LogP contribution in [0.1, 0.15) is 36.8 Å². The van der Waals surface area contributed by atoms with Gasteiger partial charge in [-0.2, -0.15) is 9.97 Å². The van der Waals surface area contributed by atoms with Gasteiger partial charge in [0.05, 0.1) is 18.3 Å². The summed E-state index contributed by atoms with van der Waals surface area (Å²) in [6.45, 7) is 5.08. The standard InChI is InChI=1S/C25H25FN6O4.C7H12FN/c1-12-21-20(23(32-7-4-8-32)30-25(29-21)35-3)24(34)36-22(12)15-10-14(33)9-13-5-6-16(26)19(18(13)15)17(27)11-31(2)28;8-6-4-7-2-1-3-9(7)5-6/h5-6,9-11,33H,4,7-8,27-28H2,1-3H3;6-7H,1-5H2/b17-11-;. The number of nitrogens with two attached hydrogens (primary N) is 2. The lowest BCUT2D eigenvalue weighted by Gasteiger charge is -2.32. The second kappa shape index (κ2) is 12.1. The molecule has 11 nitrogen and oxygen atoms in total. The Labute approximate surface area is 258 Å². The summed E-state index contributed by atoms with van der Waals surface area (Å²) in [5, 5.41) is 12.8. The van der Waals surface area contributed by atoms with Gasteiger partial charge in [-0.25, -0.2) is 19.4 Å². The lowest BCUT2D eigenvalue weighted by atomic mass is 9.93. The van der Waals surface area contributed by atoms with Crippen LogP contribution in [0.15, 0.2) is 39.7 Å². The van der Waals surface area contributed by atoms with Gasteiger partial charge in [0.25, 0.3) is 0 Å². The van der Waals surface area contributed by atoms with Crippen molar-refractivity contribution < 1.29 is 23.0 Å². The average molecular weight is 622 g/mol. The third-order valence-electron chi connectivity index (χ3n) is 8.69. The maximum atomic E-state index is 15.2. The molecule has 0 amide bonds. The van der Waals surface area contributed by atoms with Crippen molar-refractivity contribution in [1.29, 1.82) is 0 Å². The highest BCUT2D eigenvalue weighted by Crippen LogP contribution is 2.40. The number of hydrogen-bond donors (Lipinski definition) is 3. The predicted molar refractivity (Wildman–Crippen MR) is 169 cm³/mol. The predicted octanol–water partition coefficient (Wildman–Crippen LogP) is 4.03. The summed E-state index contributed by atoms with van der Waals surface area (Å²) in [6.07, 6.45) is 5.16. The van der Waals surface area contributed by atoms with Crippen molar-refractivity contribution in [3.63, 3.8) is 0 Å². The van der Waals surface area contributed by atoms with Crippen LogP contribution in [-0.4, -0.2) is 77.5 Å². The number of hydrazine groups is 1. The number of hydrogen-bond acceptors (Lipinski definition) is 11. The van der Waals surface area contributed by atoms with Gasteiger partial charge >= 0.3 is 11.6 Å². The number of benzene rings is 2. The lowest BCUT2D eigenvalue weighted by molar-refractivity contribution is 0.292. The Morgan fingerprint density at radius 1 is 1.20 bits per heavy atom. The molecule has 3 fully saturated rings. The Balaban J connectivity index is 0.000000337. The molecule has 238 valence electrons. The number of fused-ring (bicyclic) bond motifs is 3. The molecule has 0 saturated carbocycles. The zero-order valence-electron chi connectivity index (χ0n) is 25.5. The summed E-state index contributed by atoms with van der Waals surface area (Å²) in [5.41, 5.74) is 6.79. The number of methoxy groups -OCH3 is 1. The first-order chi connectivity index (χ1) is 21.5. The molecular formula is C32H37F2N7O4. The second-order valence-corrected chi connectivity index (χ2v) is 11.8. The largest absolute Gasteiger partial charge is 0.508 e. The van der Waals surface area contributed by atoms with Crippen molar-refractivity contribution in [2.75, 3.05) is 45.2 Å². The molecule has 2 unspecified atom stereocenters. The SMILES string of the molecule is COc1nc(N2CCC2)c2c(=O)oc(-c3cc(O)cc4ccc(F)c(/C(N)=C/N(C)N)c34)c(C)c2n1.FC1CC2CCCN2C1. The second-order valence-electron chi connectivity index (χ2n) is 11.8. The number of aromatic hydroxyl groups is 1. The maximum absolute atomic E-state index is 15.2. The van der Waals surface area contributed by atoms with Crippen molar-refractivity contribution in [2.24, 2.45) is 11.6 Å². The summed E-state index contributed by atoms with van der Waals surface area (Å²) < 4.78 is 38.9. The highest BCUT2D eigenvalue weighted by molar-refractivity contribution is 6.05. The number of rotatable bonds is 5. The van der Waals surface area contributed by atoms with Crippen molar-refractivity contribution in [3.05, 3.63) is 57.8 Å². The Morgan fingerprint density at radius 2 is 1.98 bits per heavy atom. The van der Waals surface area contributed by atoms with Gasteiger partial charge in [0, 0.05) is 61.0 Å². The van der Waals surface area contributed by atoms with Crippen LogP contribution in [0, 0.1) is 12.7 Å². The molecule has 13 heteroatoms. The molecule has 0 radical (unpaired) electrons. The number of phenols is 1. The summed E-state index contributed by atoms with van der Waals surface area (Å²) in [6, 6.07) is 6.35. The molecule has 0 bridgehead atoms. The number of aromatic nitrogens is 2. The molecule has 0 spiro atoms. The van der Waals surface area contributed by atoms with E-state index in [9.17, 15) is 14.3 Å². The van der Waals surface area contributed by atoms with E-state index in [1.807, 2.05) is 4.90 Å². The molecule has 5 N–H and O–H groups in total. The van der Waals surface area contributed by atoms with Crippen LogP contribution in [0.2, 0.25) is 0 Å². The molecular weight excluding hydrogens is 584 g/mol. The van der Waals surface area contributed by atoms with E-state index in [-0.39, 0.29) is 39.7 Å². The number of phenolic OH excluding ortho intramolecular Hbond substituents is 1. The van der Waals surface area contributed by atoms with Gasteiger partial charge < -0.3 is 29.9 Å². The van der Waals surface area contributed by atoms with Gasteiger partial charge in [-0.15, -0.1) is 0 Å². The molecule has 3 saturated heterocycles. The van der Waals surface area contributed by atoms with Gasteiger partial charge in [0.15, 0.2) is 5.82 Å². The first kappa shape index (κ1) is 30.5. The monoisotopic (exact) mass is 621 g/mol. The molecule has 45 heavy (non-hydrogen) atoms. The average Bonchev–Trinajstić information content (AvgIpc) is 3.54. The van der Waals surface area contributed by atoms with E-state index in [0.717, 1.165) is 32.5 Å². The van der Waals surface area contributed by atoms with Crippen molar-refractivity contribution in [2.45, 2.75) is 44.8 Å². The van der Waals surface area contributed by atoms with E-state index in [4.69, 9.17) is 20.7 Å². The van der Waals surface area contributed by atoms with Crippen LogP contribution in [0.25, 0.3) is 38.7 Å². The molecule has 2 aromatic heterocycles.